The molecule has 0 spiro atoms. The monoisotopic (exact) mass is 283 g/mol. The average molecular weight is 283 g/mol. The molecule has 0 aliphatic carbocycles. The zero-order valence-corrected chi connectivity index (χ0v) is 12.8. The van der Waals surface area contributed by atoms with E-state index in [9.17, 15) is 4.21 Å². The highest BCUT2D eigenvalue weighted by Crippen LogP contribution is 2.12. The second kappa shape index (κ2) is 9.98. The van der Waals surface area contributed by atoms with Crippen molar-refractivity contribution in [2.45, 2.75) is 33.2 Å². The van der Waals surface area contributed by atoms with Crippen molar-refractivity contribution in [2.75, 3.05) is 24.7 Å². The number of hydrogen-bond acceptors (Lipinski definition) is 3. The van der Waals surface area contributed by atoms with Gasteiger partial charge in [-0.05, 0) is 24.1 Å². The Morgan fingerprint density at radius 2 is 1.95 bits per heavy atom. The Balaban J connectivity index is 2.22. The molecule has 108 valence electrons. The lowest BCUT2D eigenvalue weighted by atomic mass is 10.2. The minimum absolute atomic E-state index is 0.676. The fourth-order valence-corrected chi connectivity index (χ4v) is 2.26. The molecule has 0 saturated carbocycles. The Bertz CT molecular complexity index is 365. The number of nitrogens with one attached hydrogen (secondary N) is 1. The summed E-state index contributed by atoms with van der Waals surface area (Å²) in [7, 11) is -0.676. The van der Waals surface area contributed by atoms with Gasteiger partial charge in [-0.25, -0.2) is 0 Å². The molecular weight excluding hydrogens is 258 g/mol. The molecule has 1 aromatic carbocycles. The molecule has 3 nitrogen and oxygen atoms in total. The molecule has 0 saturated heterocycles. The lowest BCUT2D eigenvalue weighted by Gasteiger charge is -2.07. The average Bonchev–Trinajstić information content (AvgIpc) is 2.45. The fraction of sp³-hybridized carbons (Fsp3) is 0.600. The summed E-state index contributed by atoms with van der Waals surface area (Å²) in [4.78, 5) is 0. The van der Waals surface area contributed by atoms with Gasteiger partial charge in [-0.3, -0.25) is 4.21 Å². The van der Waals surface area contributed by atoms with Crippen LogP contribution in [0.5, 0.6) is 5.75 Å². The Morgan fingerprint density at radius 3 is 2.58 bits per heavy atom. The van der Waals surface area contributed by atoms with Gasteiger partial charge in [0.1, 0.15) is 5.75 Å². The smallest absolute Gasteiger partial charge is 0.119 e. The molecule has 4 heteroatoms. The molecule has 0 fully saturated rings. The second-order valence-electron chi connectivity index (χ2n) is 4.46. The first kappa shape index (κ1) is 16.2. The minimum atomic E-state index is -0.676. The maximum Gasteiger partial charge on any atom is 0.119 e. The van der Waals surface area contributed by atoms with Crippen LogP contribution in [0.1, 0.15) is 32.3 Å². The van der Waals surface area contributed by atoms with Gasteiger partial charge in [0.25, 0.3) is 0 Å². The first-order chi connectivity index (χ1) is 9.26. The van der Waals surface area contributed by atoms with E-state index in [1.165, 1.54) is 5.56 Å². The van der Waals surface area contributed by atoms with Crippen molar-refractivity contribution >= 4 is 10.8 Å². The van der Waals surface area contributed by atoms with Crippen molar-refractivity contribution < 1.29 is 8.95 Å². The summed E-state index contributed by atoms with van der Waals surface area (Å²) in [5.41, 5.74) is 1.23. The molecule has 1 aromatic rings. The van der Waals surface area contributed by atoms with Gasteiger partial charge in [-0.1, -0.05) is 32.4 Å². The molecular formula is C15H25NO2S. The Labute approximate surface area is 119 Å². The molecule has 19 heavy (non-hydrogen) atoms. The maximum atomic E-state index is 11.2. The Kier molecular flexibility index (Phi) is 8.50. The summed E-state index contributed by atoms with van der Waals surface area (Å²) in [5, 5.41) is 3.30. The topological polar surface area (TPSA) is 38.3 Å². The van der Waals surface area contributed by atoms with E-state index >= 15 is 0 Å². The SMILES string of the molecule is CCCCOc1ccc(CNCCS(=O)CC)cc1. The van der Waals surface area contributed by atoms with Crippen molar-refractivity contribution in [2.24, 2.45) is 0 Å². The lowest BCUT2D eigenvalue weighted by molar-refractivity contribution is 0.309. The van der Waals surface area contributed by atoms with Gasteiger partial charge >= 0.3 is 0 Å². The summed E-state index contributed by atoms with van der Waals surface area (Å²) in [6.45, 7) is 6.51. The predicted octanol–water partition coefficient (Wildman–Crippen LogP) is 2.72. The van der Waals surface area contributed by atoms with Crippen LogP contribution in [-0.2, 0) is 17.3 Å². The van der Waals surface area contributed by atoms with Crippen molar-refractivity contribution in [1.29, 1.82) is 0 Å². The van der Waals surface area contributed by atoms with Crippen molar-refractivity contribution in [3.8, 4) is 5.75 Å². The number of hydrogen-bond donors (Lipinski definition) is 1. The first-order valence-corrected chi connectivity index (χ1v) is 8.52. The molecule has 0 aliphatic heterocycles. The number of ether oxygens (including phenoxy) is 1. The highest BCUT2D eigenvalue weighted by molar-refractivity contribution is 7.84. The van der Waals surface area contributed by atoms with Crippen LogP contribution in [0.3, 0.4) is 0 Å². The van der Waals surface area contributed by atoms with Crippen LogP contribution >= 0.6 is 0 Å². The van der Waals surface area contributed by atoms with Gasteiger partial charge in [0.15, 0.2) is 0 Å². The molecule has 0 radical (unpaired) electrons. The molecule has 1 N–H and O–H groups in total. The van der Waals surface area contributed by atoms with Gasteiger partial charge in [0, 0.05) is 35.4 Å². The van der Waals surface area contributed by atoms with Crippen LogP contribution in [0.25, 0.3) is 0 Å². The third kappa shape index (κ3) is 7.33. The molecule has 0 amide bonds. The van der Waals surface area contributed by atoms with Crippen LogP contribution in [0.2, 0.25) is 0 Å². The largest absolute Gasteiger partial charge is 0.494 e. The van der Waals surface area contributed by atoms with Crippen molar-refractivity contribution in [1.82, 2.24) is 5.32 Å². The van der Waals surface area contributed by atoms with Gasteiger partial charge < -0.3 is 10.1 Å². The van der Waals surface area contributed by atoms with E-state index in [1.54, 1.807) is 0 Å². The van der Waals surface area contributed by atoms with Crippen molar-refractivity contribution in [3.63, 3.8) is 0 Å². The molecule has 0 bridgehead atoms. The van der Waals surface area contributed by atoms with E-state index in [2.05, 4.69) is 24.4 Å². The summed E-state index contributed by atoms with van der Waals surface area (Å²) in [5.74, 6) is 2.41. The summed E-state index contributed by atoms with van der Waals surface area (Å²) >= 11 is 0. The van der Waals surface area contributed by atoms with Gasteiger partial charge in [-0.2, -0.15) is 0 Å². The maximum absolute atomic E-state index is 11.2. The molecule has 0 aromatic heterocycles. The van der Waals surface area contributed by atoms with E-state index in [0.29, 0.717) is 0 Å². The van der Waals surface area contributed by atoms with E-state index < -0.39 is 10.8 Å². The molecule has 1 atom stereocenters. The third-order valence-corrected chi connectivity index (χ3v) is 4.15. The normalized spacial score (nSPS) is 12.3. The van der Waals surface area contributed by atoms with E-state index in [0.717, 1.165) is 49.8 Å². The summed E-state index contributed by atoms with van der Waals surface area (Å²) < 4.78 is 16.9. The van der Waals surface area contributed by atoms with E-state index in [-0.39, 0.29) is 0 Å². The predicted molar refractivity (Wildman–Crippen MR) is 82.1 cm³/mol. The molecule has 1 unspecified atom stereocenters. The second-order valence-corrected chi connectivity index (χ2v) is 6.32. The van der Waals surface area contributed by atoms with Gasteiger partial charge in [0.05, 0.1) is 6.61 Å². The van der Waals surface area contributed by atoms with Crippen LogP contribution in [0.15, 0.2) is 24.3 Å². The Hall–Kier alpha value is -0.870. The lowest BCUT2D eigenvalue weighted by Crippen LogP contribution is -2.20. The van der Waals surface area contributed by atoms with Crippen LogP contribution in [-0.4, -0.2) is 28.9 Å². The van der Waals surface area contributed by atoms with Gasteiger partial charge in [0.2, 0.25) is 0 Å². The highest BCUT2D eigenvalue weighted by Gasteiger charge is 1.97. The third-order valence-electron chi connectivity index (χ3n) is 2.85. The fourth-order valence-electron chi connectivity index (χ4n) is 1.60. The number of rotatable bonds is 10. The van der Waals surface area contributed by atoms with E-state index in [1.807, 2.05) is 19.1 Å². The number of unbranched alkanes of at least 4 members (excludes halogenated alkanes) is 1. The zero-order valence-electron chi connectivity index (χ0n) is 12.0. The van der Waals surface area contributed by atoms with Crippen LogP contribution in [0, 0.1) is 0 Å². The summed E-state index contributed by atoms with van der Waals surface area (Å²) in [6.07, 6.45) is 2.25. The molecule has 0 aliphatic rings. The number of benzene rings is 1. The van der Waals surface area contributed by atoms with Gasteiger partial charge in [-0.15, -0.1) is 0 Å². The zero-order chi connectivity index (χ0) is 13.9. The minimum Gasteiger partial charge on any atom is -0.494 e. The van der Waals surface area contributed by atoms with E-state index in [4.69, 9.17) is 4.74 Å². The summed E-state index contributed by atoms with van der Waals surface area (Å²) in [6, 6.07) is 8.17. The Morgan fingerprint density at radius 1 is 1.21 bits per heavy atom. The quantitative estimate of drug-likeness (QED) is 0.671. The van der Waals surface area contributed by atoms with Crippen LogP contribution in [0.4, 0.5) is 0 Å². The van der Waals surface area contributed by atoms with Crippen LogP contribution < -0.4 is 10.1 Å². The first-order valence-electron chi connectivity index (χ1n) is 7.03. The molecule has 0 heterocycles. The standard InChI is InChI=1S/C15H25NO2S/c1-3-5-11-18-15-8-6-14(7-9-15)13-16-10-12-19(17)4-2/h6-9,16H,3-5,10-13H2,1-2H3. The highest BCUT2D eigenvalue weighted by atomic mass is 32.2. The van der Waals surface area contributed by atoms with Crippen molar-refractivity contribution in [3.05, 3.63) is 29.8 Å². The molecule has 1 rings (SSSR count).